The van der Waals surface area contributed by atoms with Gasteiger partial charge in [-0.1, -0.05) is 6.92 Å². The van der Waals surface area contributed by atoms with Crippen LogP contribution < -0.4 is 5.73 Å². The molecule has 15 heavy (non-hydrogen) atoms. The SMILES string of the molecule is CC1CCCN(CCC(C)(O)CN)CC1. The molecule has 1 aliphatic rings. The van der Waals surface area contributed by atoms with Gasteiger partial charge in [0.2, 0.25) is 0 Å². The van der Waals surface area contributed by atoms with Gasteiger partial charge in [-0.15, -0.1) is 0 Å². The van der Waals surface area contributed by atoms with Gasteiger partial charge in [0.25, 0.3) is 0 Å². The molecule has 0 aromatic heterocycles. The topological polar surface area (TPSA) is 49.5 Å². The van der Waals surface area contributed by atoms with Gasteiger partial charge < -0.3 is 15.7 Å². The van der Waals surface area contributed by atoms with Gasteiger partial charge in [0, 0.05) is 13.1 Å². The van der Waals surface area contributed by atoms with Crippen molar-refractivity contribution in [2.75, 3.05) is 26.2 Å². The zero-order valence-corrected chi connectivity index (χ0v) is 10.2. The average Bonchev–Trinajstić information content (AvgIpc) is 2.40. The number of hydrogen-bond donors (Lipinski definition) is 2. The average molecular weight is 214 g/mol. The van der Waals surface area contributed by atoms with Crippen molar-refractivity contribution in [1.29, 1.82) is 0 Å². The Balaban J connectivity index is 2.26. The van der Waals surface area contributed by atoms with Crippen LogP contribution in [0.3, 0.4) is 0 Å². The van der Waals surface area contributed by atoms with Gasteiger partial charge in [0.05, 0.1) is 5.60 Å². The van der Waals surface area contributed by atoms with Crippen molar-refractivity contribution in [1.82, 2.24) is 4.90 Å². The number of hydrogen-bond acceptors (Lipinski definition) is 3. The fraction of sp³-hybridized carbons (Fsp3) is 1.00. The van der Waals surface area contributed by atoms with Gasteiger partial charge in [-0.25, -0.2) is 0 Å². The van der Waals surface area contributed by atoms with E-state index in [-0.39, 0.29) is 0 Å². The monoisotopic (exact) mass is 214 g/mol. The summed E-state index contributed by atoms with van der Waals surface area (Å²) in [6, 6.07) is 0. The zero-order valence-electron chi connectivity index (χ0n) is 10.2. The fourth-order valence-electron chi connectivity index (χ4n) is 2.05. The van der Waals surface area contributed by atoms with E-state index >= 15 is 0 Å². The van der Waals surface area contributed by atoms with Crippen molar-refractivity contribution in [3.8, 4) is 0 Å². The molecule has 2 atom stereocenters. The fourth-order valence-corrected chi connectivity index (χ4v) is 2.05. The van der Waals surface area contributed by atoms with E-state index in [4.69, 9.17) is 5.73 Å². The predicted octanol–water partition coefficient (Wildman–Crippen LogP) is 1.21. The van der Waals surface area contributed by atoms with Crippen LogP contribution in [0.25, 0.3) is 0 Å². The first-order valence-electron chi connectivity index (χ1n) is 6.18. The second kappa shape index (κ2) is 5.83. The molecular formula is C12H26N2O. The van der Waals surface area contributed by atoms with Gasteiger partial charge in [-0.3, -0.25) is 0 Å². The predicted molar refractivity (Wildman–Crippen MR) is 63.8 cm³/mol. The van der Waals surface area contributed by atoms with Crippen molar-refractivity contribution >= 4 is 0 Å². The first-order chi connectivity index (χ1) is 7.03. The van der Waals surface area contributed by atoms with E-state index in [9.17, 15) is 5.11 Å². The molecule has 3 heteroatoms. The van der Waals surface area contributed by atoms with E-state index in [1.54, 1.807) is 0 Å². The lowest BCUT2D eigenvalue weighted by Crippen LogP contribution is -2.39. The van der Waals surface area contributed by atoms with E-state index in [0.717, 1.165) is 18.9 Å². The summed E-state index contributed by atoms with van der Waals surface area (Å²) in [4.78, 5) is 2.47. The highest BCUT2D eigenvalue weighted by atomic mass is 16.3. The summed E-state index contributed by atoms with van der Waals surface area (Å²) in [5.74, 6) is 0.866. The Labute approximate surface area is 93.6 Å². The second-order valence-corrected chi connectivity index (χ2v) is 5.33. The molecule has 1 heterocycles. The van der Waals surface area contributed by atoms with Crippen molar-refractivity contribution in [2.24, 2.45) is 11.7 Å². The van der Waals surface area contributed by atoms with Crippen LogP contribution >= 0.6 is 0 Å². The summed E-state index contributed by atoms with van der Waals surface area (Å²) >= 11 is 0. The van der Waals surface area contributed by atoms with Crippen molar-refractivity contribution in [2.45, 2.75) is 45.1 Å². The second-order valence-electron chi connectivity index (χ2n) is 5.33. The highest BCUT2D eigenvalue weighted by Crippen LogP contribution is 2.17. The van der Waals surface area contributed by atoms with Crippen molar-refractivity contribution in [3.05, 3.63) is 0 Å². The van der Waals surface area contributed by atoms with Crippen LogP contribution in [0.1, 0.15) is 39.5 Å². The Morgan fingerprint density at radius 1 is 1.40 bits per heavy atom. The molecule has 3 nitrogen and oxygen atoms in total. The van der Waals surface area contributed by atoms with Crippen LogP contribution in [0.2, 0.25) is 0 Å². The van der Waals surface area contributed by atoms with Crippen LogP contribution in [0, 0.1) is 5.92 Å². The molecule has 1 fully saturated rings. The van der Waals surface area contributed by atoms with E-state index < -0.39 is 5.60 Å². The van der Waals surface area contributed by atoms with Crippen LogP contribution in [0.15, 0.2) is 0 Å². The summed E-state index contributed by atoms with van der Waals surface area (Å²) in [5.41, 5.74) is 4.82. The Morgan fingerprint density at radius 2 is 2.13 bits per heavy atom. The first kappa shape index (κ1) is 12.9. The van der Waals surface area contributed by atoms with E-state index in [1.807, 2.05) is 6.92 Å². The molecule has 2 unspecified atom stereocenters. The standard InChI is InChI=1S/C12H26N2O/c1-11-4-3-7-14(8-5-11)9-6-12(2,15)10-13/h11,15H,3-10,13H2,1-2H3. The lowest BCUT2D eigenvalue weighted by Gasteiger charge is -2.26. The number of aliphatic hydroxyl groups is 1. The van der Waals surface area contributed by atoms with Gasteiger partial charge >= 0.3 is 0 Å². The van der Waals surface area contributed by atoms with Crippen LogP contribution in [0.5, 0.6) is 0 Å². The molecule has 0 aromatic carbocycles. The van der Waals surface area contributed by atoms with Crippen LogP contribution in [-0.4, -0.2) is 41.8 Å². The Morgan fingerprint density at radius 3 is 2.80 bits per heavy atom. The summed E-state index contributed by atoms with van der Waals surface area (Å²) in [7, 11) is 0. The number of nitrogens with zero attached hydrogens (tertiary/aromatic N) is 1. The maximum Gasteiger partial charge on any atom is 0.0753 e. The summed E-state index contributed by atoms with van der Waals surface area (Å²) in [6.07, 6.45) is 4.73. The maximum atomic E-state index is 9.82. The Hall–Kier alpha value is -0.120. The summed E-state index contributed by atoms with van der Waals surface area (Å²) < 4.78 is 0. The van der Waals surface area contributed by atoms with Gasteiger partial charge in [-0.05, 0) is 51.6 Å². The van der Waals surface area contributed by atoms with Gasteiger partial charge in [0.15, 0.2) is 0 Å². The van der Waals surface area contributed by atoms with Crippen molar-refractivity contribution < 1.29 is 5.11 Å². The summed E-state index contributed by atoms with van der Waals surface area (Å²) in [5, 5.41) is 9.82. The molecule has 1 rings (SSSR count). The molecular weight excluding hydrogens is 188 g/mol. The highest BCUT2D eigenvalue weighted by Gasteiger charge is 2.20. The minimum Gasteiger partial charge on any atom is -0.389 e. The molecule has 1 saturated heterocycles. The molecule has 1 aliphatic heterocycles. The number of nitrogens with two attached hydrogens (primary N) is 1. The van der Waals surface area contributed by atoms with E-state index in [1.165, 1.54) is 32.4 Å². The minimum atomic E-state index is -0.683. The smallest absolute Gasteiger partial charge is 0.0753 e. The maximum absolute atomic E-state index is 9.82. The Kier molecular flexibility index (Phi) is 5.03. The number of rotatable bonds is 4. The lowest BCUT2D eigenvalue weighted by molar-refractivity contribution is 0.0479. The lowest BCUT2D eigenvalue weighted by atomic mass is 10.0. The van der Waals surface area contributed by atoms with Crippen LogP contribution in [-0.2, 0) is 0 Å². The molecule has 0 radical (unpaired) electrons. The molecule has 90 valence electrons. The molecule has 0 amide bonds. The van der Waals surface area contributed by atoms with E-state index in [2.05, 4.69) is 11.8 Å². The molecule has 3 N–H and O–H groups in total. The molecule has 0 spiro atoms. The molecule has 0 saturated carbocycles. The van der Waals surface area contributed by atoms with Gasteiger partial charge in [0.1, 0.15) is 0 Å². The van der Waals surface area contributed by atoms with Crippen molar-refractivity contribution in [3.63, 3.8) is 0 Å². The largest absolute Gasteiger partial charge is 0.389 e. The third-order valence-corrected chi connectivity index (χ3v) is 3.52. The zero-order chi connectivity index (χ0) is 11.3. The highest BCUT2D eigenvalue weighted by molar-refractivity contribution is 4.76. The third kappa shape index (κ3) is 4.96. The third-order valence-electron chi connectivity index (χ3n) is 3.52. The van der Waals surface area contributed by atoms with E-state index in [0.29, 0.717) is 6.54 Å². The molecule has 0 bridgehead atoms. The van der Waals surface area contributed by atoms with Crippen LogP contribution in [0.4, 0.5) is 0 Å². The molecule has 0 aromatic rings. The Bertz CT molecular complexity index is 182. The summed E-state index contributed by atoms with van der Waals surface area (Å²) in [6.45, 7) is 7.87. The van der Waals surface area contributed by atoms with Gasteiger partial charge in [-0.2, -0.15) is 0 Å². The number of likely N-dealkylation sites (tertiary alicyclic amines) is 1. The normalized spacial score (nSPS) is 28.4. The quantitative estimate of drug-likeness (QED) is 0.739. The first-order valence-corrected chi connectivity index (χ1v) is 6.18. The minimum absolute atomic E-state index is 0.358. The molecule has 0 aliphatic carbocycles.